The lowest BCUT2D eigenvalue weighted by atomic mass is 9.92. The highest BCUT2D eigenvalue weighted by Gasteiger charge is 2.29. The molecular weight excluding hydrogens is 234 g/mol. The number of amides is 1. The quantitative estimate of drug-likeness (QED) is 0.791. The molecule has 1 amide bonds. The third-order valence-electron chi connectivity index (χ3n) is 4.85. The SMILES string of the molecule is C[C@@H]1c2ccccc2CCN1C(=O)CC1CCCC1. The number of benzene rings is 1. The highest BCUT2D eigenvalue weighted by Crippen LogP contribution is 2.32. The van der Waals surface area contributed by atoms with Crippen molar-refractivity contribution in [1.82, 2.24) is 4.90 Å². The topological polar surface area (TPSA) is 20.3 Å². The molecule has 1 atom stereocenters. The maximum absolute atomic E-state index is 12.5. The minimum atomic E-state index is 0.249. The van der Waals surface area contributed by atoms with Crippen LogP contribution in [0.25, 0.3) is 0 Å². The molecular formula is C17H23NO. The summed E-state index contributed by atoms with van der Waals surface area (Å²) in [5, 5.41) is 0. The van der Waals surface area contributed by atoms with Crippen LogP contribution in [0.4, 0.5) is 0 Å². The van der Waals surface area contributed by atoms with Crippen molar-refractivity contribution in [3.05, 3.63) is 35.4 Å². The van der Waals surface area contributed by atoms with Crippen molar-refractivity contribution >= 4 is 5.91 Å². The second-order valence-electron chi connectivity index (χ2n) is 6.07. The zero-order valence-electron chi connectivity index (χ0n) is 11.8. The summed E-state index contributed by atoms with van der Waals surface area (Å²) >= 11 is 0. The van der Waals surface area contributed by atoms with Gasteiger partial charge >= 0.3 is 0 Å². The molecule has 19 heavy (non-hydrogen) atoms. The van der Waals surface area contributed by atoms with E-state index >= 15 is 0 Å². The molecule has 0 aromatic heterocycles. The maximum atomic E-state index is 12.5. The van der Waals surface area contributed by atoms with E-state index in [9.17, 15) is 4.79 Å². The summed E-state index contributed by atoms with van der Waals surface area (Å²) in [5.41, 5.74) is 2.76. The molecule has 2 aliphatic rings. The third kappa shape index (κ3) is 2.54. The van der Waals surface area contributed by atoms with E-state index in [1.165, 1.54) is 36.8 Å². The molecule has 1 aromatic carbocycles. The van der Waals surface area contributed by atoms with Crippen LogP contribution in [-0.2, 0) is 11.2 Å². The number of hydrogen-bond acceptors (Lipinski definition) is 1. The first-order chi connectivity index (χ1) is 9.25. The van der Waals surface area contributed by atoms with Gasteiger partial charge in [0.15, 0.2) is 0 Å². The van der Waals surface area contributed by atoms with Gasteiger partial charge in [-0.1, -0.05) is 37.1 Å². The van der Waals surface area contributed by atoms with Gasteiger partial charge in [-0.05, 0) is 43.2 Å². The fourth-order valence-electron chi connectivity index (χ4n) is 3.69. The van der Waals surface area contributed by atoms with Crippen LogP contribution < -0.4 is 0 Å². The molecule has 2 heteroatoms. The minimum Gasteiger partial charge on any atom is -0.336 e. The summed E-state index contributed by atoms with van der Waals surface area (Å²) in [5.74, 6) is 1.02. The standard InChI is InChI=1S/C17H23NO/c1-13-16-9-5-4-8-15(16)10-11-18(13)17(19)12-14-6-2-3-7-14/h4-5,8-9,13-14H,2-3,6-7,10-12H2,1H3/t13-/m1/s1. The fourth-order valence-corrected chi connectivity index (χ4v) is 3.69. The van der Waals surface area contributed by atoms with Crippen LogP contribution >= 0.6 is 0 Å². The third-order valence-corrected chi connectivity index (χ3v) is 4.85. The smallest absolute Gasteiger partial charge is 0.223 e. The molecule has 3 rings (SSSR count). The summed E-state index contributed by atoms with van der Waals surface area (Å²) in [6, 6.07) is 8.81. The van der Waals surface area contributed by atoms with E-state index in [0.717, 1.165) is 19.4 Å². The van der Waals surface area contributed by atoms with Gasteiger partial charge in [-0.3, -0.25) is 4.79 Å². The molecule has 1 saturated carbocycles. The van der Waals surface area contributed by atoms with Crippen LogP contribution in [-0.4, -0.2) is 17.4 Å². The van der Waals surface area contributed by atoms with Gasteiger partial charge in [0.2, 0.25) is 5.91 Å². The molecule has 102 valence electrons. The second-order valence-corrected chi connectivity index (χ2v) is 6.07. The van der Waals surface area contributed by atoms with Gasteiger partial charge < -0.3 is 4.90 Å². The Hall–Kier alpha value is -1.31. The lowest BCUT2D eigenvalue weighted by molar-refractivity contribution is -0.134. The van der Waals surface area contributed by atoms with Crippen LogP contribution in [0.2, 0.25) is 0 Å². The van der Waals surface area contributed by atoms with Crippen molar-refractivity contribution in [3.63, 3.8) is 0 Å². The van der Waals surface area contributed by atoms with Crippen LogP contribution in [0.1, 0.15) is 56.2 Å². The fraction of sp³-hybridized carbons (Fsp3) is 0.588. The Bertz CT molecular complexity index is 462. The van der Waals surface area contributed by atoms with Crippen molar-refractivity contribution in [2.45, 2.75) is 51.5 Å². The molecule has 0 bridgehead atoms. The van der Waals surface area contributed by atoms with Crippen LogP contribution in [0, 0.1) is 5.92 Å². The predicted molar refractivity (Wildman–Crippen MR) is 76.8 cm³/mol. The number of hydrogen-bond donors (Lipinski definition) is 0. The predicted octanol–water partition coefficient (Wildman–Crippen LogP) is 3.71. The van der Waals surface area contributed by atoms with Gasteiger partial charge in [-0.15, -0.1) is 0 Å². The molecule has 0 spiro atoms. The van der Waals surface area contributed by atoms with Gasteiger partial charge in [0.05, 0.1) is 6.04 Å². The largest absolute Gasteiger partial charge is 0.336 e. The monoisotopic (exact) mass is 257 g/mol. The second kappa shape index (κ2) is 5.36. The first-order valence-corrected chi connectivity index (χ1v) is 7.63. The molecule has 0 N–H and O–H groups in total. The molecule has 0 unspecified atom stereocenters. The minimum absolute atomic E-state index is 0.249. The summed E-state index contributed by atoms with van der Waals surface area (Å²) in [6.45, 7) is 3.06. The lowest BCUT2D eigenvalue weighted by Gasteiger charge is -2.36. The van der Waals surface area contributed by atoms with Gasteiger partial charge in [0.25, 0.3) is 0 Å². The number of carbonyl (C=O) groups is 1. The molecule has 0 radical (unpaired) electrons. The lowest BCUT2D eigenvalue weighted by Crippen LogP contribution is -2.39. The van der Waals surface area contributed by atoms with E-state index in [1.54, 1.807) is 0 Å². The van der Waals surface area contributed by atoms with E-state index < -0.39 is 0 Å². The molecule has 1 aromatic rings. The van der Waals surface area contributed by atoms with Crippen LogP contribution in [0.5, 0.6) is 0 Å². The highest BCUT2D eigenvalue weighted by atomic mass is 16.2. The van der Waals surface area contributed by atoms with Crippen molar-refractivity contribution in [3.8, 4) is 0 Å². The summed E-state index contributed by atoms with van der Waals surface area (Å²) < 4.78 is 0. The normalized spacial score (nSPS) is 23.4. The van der Waals surface area contributed by atoms with Crippen molar-refractivity contribution < 1.29 is 4.79 Å². The van der Waals surface area contributed by atoms with Crippen LogP contribution in [0.3, 0.4) is 0 Å². The Balaban J connectivity index is 1.70. The van der Waals surface area contributed by atoms with Crippen molar-refractivity contribution in [2.75, 3.05) is 6.54 Å². The van der Waals surface area contributed by atoms with Crippen molar-refractivity contribution in [2.24, 2.45) is 5.92 Å². The molecule has 1 heterocycles. The zero-order chi connectivity index (χ0) is 13.2. The Kier molecular flexibility index (Phi) is 3.58. The van der Waals surface area contributed by atoms with Gasteiger partial charge in [0, 0.05) is 13.0 Å². The molecule has 0 saturated heterocycles. The summed E-state index contributed by atoms with van der Waals surface area (Å²) in [4.78, 5) is 14.6. The van der Waals surface area contributed by atoms with Crippen molar-refractivity contribution in [1.29, 1.82) is 0 Å². The zero-order valence-corrected chi connectivity index (χ0v) is 11.8. The van der Waals surface area contributed by atoms with Gasteiger partial charge in [0.1, 0.15) is 0 Å². The molecule has 2 nitrogen and oxygen atoms in total. The van der Waals surface area contributed by atoms with E-state index in [2.05, 4.69) is 36.1 Å². The highest BCUT2D eigenvalue weighted by molar-refractivity contribution is 5.77. The number of carbonyl (C=O) groups excluding carboxylic acids is 1. The van der Waals surface area contributed by atoms with Crippen LogP contribution in [0.15, 0.2) is 24.3 Å². The molecule has 1 fully saturated rings. The Labute approximate surface area is 115 Å². The Morgan fingerprint density at radius 1 is 1.26 bits per heavy atom. The van der Waals surface area contributed by atoms with E-state index in [-0.39, 0.29) is 6.04 Å². The molecule has 1 aliphatic carbocycles. The summed E-state index contributed by atoms with van der Waals surface area (Å²) in [7, 11) is 0. The first-order valence-electron chi connectivity index (χ1n) is 7.63. The average Bonchev–Trinajstić information content (AvgIpc) is 2.92. The number of rotatable bonds is 2. The first kappa shape index (κ1) is 12.7. The average molecular weight is 257 g/mol. The van der Waals surface area contributed by atoms with E-state index in [4.69, 9.17) is 0 Å². The molecule has 1 aliphatic heterocycles. The van der Waals surface area contributed by atoms with E-state index in [0.29, 0.717) is 11.8 Å². The van der Waals surface area contributed by atoms with E-state index in [1.807, 2.05) is 0 Å². The Morgan fingerprint density at radius 3 is 2.79 bits per heavy atom. The maximum Gasteiger partial charge on any atom is 0.223 e. The van der Waals surface area contributed by atoms with Gasteiger partial charge in [-0.25, -0.2) is 0 Å². The number of nitrogens with zero attached hydrogens (tertiary/aromatic N) is 1. The van der Waals surface area contributed by atoms with Gasteiger partial charge in [-0.2, -0.15) is 0 Å². The number of fused-ring (bicyclic) bond motifs is 1. The summed E-state index contributed by atoms with van der Waals surface area (Å²) in [6.07, 6.45) is 6.92. The Morgan fingerprint density at radius 2 is 2.00 bits per heavy atom.